The molecule has 1 amide bonds. The summed E-state index contributed by atoms with van der Waals surface area (Å²) in [4.78, 5) is 23.6. The second kappa shape index (κ2) is 8.68. The first-order valence-electron chi connectivity index (χ1n) is 7.26. The Bertz CT molecular complexity index is 835. The maximum atomic E-state index is 11.4. The molecule has 0 saturated carbocycles. The smallest absolute Gasteiger partial charge is 0.343 e. The summed E-state index contributed by atoms with van der Waals surface area (Å²) in [6.07, 6.45) is 3.70. The van der Waals surface area contributed by atoms with E-state index in [0.717, 1.165) is 10.4 Å². The molecule has 0 fully saturated rings. The van der Waals surface area contributed by atoms with Gasteiger partial charge in [0.2, 0.25) is 5.91 Å². The fraction of sp³-hybridized carbons (Fsp3) is 0.235. The van der Waals surface area contributed by atoms with Crippen LogP contribution in [0.25, 0.3) is 6.08 Å². The van der Waals surface area contributed by atoms with Crippen molar-refractivity contribution in [3.05, 3.63) is 29.8 Å². The number of rotatable bonds is 6. The van der Waals surface area contributed by atoms with Gasteiger partial charge < -0.3 is 29.6 Å². The number of carbonyl (C=O) groups is 2. The van der Waals surface area contributed by atoms with E-state index in [4.69, 9.17) is 21.7 Å². The largest absolute Gasteiger partial charge is 0.497 e. The van der Waals surface area contributed by atoms with Crippen molar-refractivity contribution in [2.75, 3.05) is 20.8 Å². The molecule has 0 radical (unpaired) electrons. The van der Waals surface area contributed by atoms with E-state index < -0.39 is 16.0 Å². The molecule has 2 rings (SSSR count). The number of benzene rings is 1. The molecule has 6 nitrogen and oxygen atoms in total. The Morgan fingerprint density at radius 1 is 1.36 bits per heavy atom. The van der Waals surface area contributed by atoms with Crippen LogP contribution in [-0.4, -0.2) is 47.3 Å². The van der Waals surface area contributed by atoms with Gasteiger partial charge in [0.05, 0.1) is 14.2 Å². The van der Waals surface area contributed by atoms with Crippen molar-refractivity contribution < 1.29 is 23.8 Å². The third-order valence-electron chi connectivity index (χ3n) is 3.28. The van der Waals surface area contributed by atoms with Crippen molar-refractivity contribution in [2.24, 2.45) is 0 Å². The van der Waals surface area contributed by atoms with Crippen LogP contribution in [0.3, 0.4) is 0 Å². The summed E-state index contributed by atoms with van der Waals surface area (Å²) in [6, 6.07) is 5.25. The van der Waals surface area contributed by atoms with Crippen LogP contribution in [0.15, 0.2) is 24.3 Å². The number of allylic oxidation sites excluding steroid dienone is 1. The van der Waals surface area contributed by atoms with Crippen molar-refractivity contribution in [1.29, 1.82) is 0 Å². The highest BCUT2D eigenvalue weighted by Gasteiger charge is 2.07. The van der Waals surface area contributed by atoms with Crippen LogP contribution in [0, 0.1) is 0 Å². The molecule has 8 heteroatoms. The van der Waals surface area contributed by atoms with Crippen molar-refractivity contribution in [2.45, 2.75) is 6.92 Å². The Kier molecular flexibility index (Phi) is 6.60. The number of nitrogens with one attached hydrogen (secondary N) is 1. The second-order valence-electron chi connectivity index (χ2n) is 4.94. The van der Waals surface area contributed by atoms with Gasteiger partial charge in [-0.15, -0.1) is 5.37 Å². The number of ether oxygens (including phenoxy) is 3. The number of hydrogen-bond donors (Lipinski definition) is 1. The number of esters is 1. The minimum absolute atomic E-state index is 0.176. The summed E-state index contributed by atoms with van der Waals surface area (Å²) in [5.74, 6) is 0.533. The third kappa shape index (κ3) is 5.07. The summed E-state index contributed by atoms with van der Waals surface area (Å²) in [5, 5.41) is 4.18. The van der Waals surface area contributed by atoms with Crippen LogP contribution in [-0.2, 0) is 24.4 Å². The quantitative estimate of drug-likeness (QED) is 0.347. The molecule has 0 bridgehead atoms. The van der Waals surface area contributed by atoms with Gasteiger partial charge in [0.1, 0.15) is 11.5 Å². The molecule has 0 aliphatic carbocycles. The van der Waals surface area contributed by atoms with Crippen LogP contribution in [0.2, 0.25) is 0 Å². The third-order valence-corrected chi connectivity index (χ3v) is 5.71. The average molecular weight is 380 g/mol. The van der Waals surface area contributed by atoms with E-state index in [9.17, 15) is 9.59 Å². The predicted octanol–water partition coefficient (Wildman–Crippen LogP) is 1.29. The summed E-state index contributed by atoms with van der Waals surface area (Å²) >= 11 is 5.17. The van der Waals surface area contributed by atoms with Gasteiger partial charge in [0.15, 0.2) is 6.61 Å². The topological polar surface area (TPSA) is 73.9 Å². The maximum absolute atomic E-state index is 11.4. The molecule has 25 heavy (non-hydrogen) atoms. The zero-order chi connectivity index (χ0) is 18.4. The molecule has 0 unspecified atom stereocenters. The minimum atomic E-state index is -0.517. The van der Waals surface area contributed by atoms with E-state index >= 15 is 0 Å². The highest BCUT2D eigenvalue weighted by Crippen LogP contribution is 2.25. The van der Waals surface area contributed by atoms with E-state index in [1.165, 1.54) is 7.11 Å². The van der Waals surface area contributed by atoms with E-state index in [1.54, 1.807) is 30.7 Å². The van der Waals surface area contributed by atoms with E-state index in [2.05, 4.69) is 10.1 Å². The van der Waals surface area contributed by atoms with Gasteiger partial charge in [-0.05, 0) is 22.5 Å². The Balaban J connectivity index is 2.32. The molecular formula is C17H18NO5S2-. The Labute approximate surface area is 153 Å². The molecule has 1 aliphatic rings. The summed E-state index contributed by atoms with van der Waals surface area (Å²) in [6.45, 7) is 1.71. The Morgan fingerprint density at radius 3 is 2.72 bits per heavy atom. The lowest BCUT2D eigenvalue weighted by Crippen LogP contribution is -2.21. The average Bonchev–Trinajstić information content (AvgIpc) is 2.96. The number of amides is 1. The van der Waals surface area contributed by atoms with Crippen LogP contribution in [0.1, 0.15) is 12.5 Å². The van der Waals surface area contributed by atoms with Crippen LogP contribution >= 0.6 is 12.2 Å². The molecule has 0 atom stereocenters. The SMILES string of the molecule is COC(=O)COc1ccc(OC)cc1C=CC(C)=[S-]1=CC(=O)NC1=S. The molecule has 0 saturated heterocycles. The first-order chi connectivity index (χ1) is 11.9. The summed E-state index contributed by atoms with van der Waals surface area (Å²) in [5.41, 5.74) is 0.732. The van der Waals surface area contributed by atoms with Gasteiger partial charge >= 0.3 is 5.97 Å². The van der Waals surface area contributed by atoms with Crippen LogP contribution in [0.5, 0.6) is 11.5 Å². The zero-order valence-electron chi connectivity index (χ0n) is 14.0. The van der Waals surface area contributed by atoms with Crippen LogP contribution < -0.4 is 14.8 Å². The molecule has 1 aromatic carbocycles. The molecule has 1 aromatic rings. The fourth-order valence-corrected chi connectivity index (χ4v) is 3.90. The first-order valence-corrected chi connectivity index (χ1v) is 8.96. The second-order valence-corrected chi connectivity index (χ2v) is 7.57. The van der Waals surface area contributed by atoms with Gasteiger partial charge in [0, 0.05) is 5.56 Å². The zero-order valence-corrected chi connectivity index (χ0v) is 15.7. The number of thiocarbonyl (C=S) groups is 1. The van der Waals surface area contributed by atoms with Gasteiger partial charge in [-0.2, -0.15) is 4.86 Å². The molecular weight excluding hydrogens is 362 g/mol. The molecule has 134 valence electrons. The molecule has 1 N–H and O–H groups in total. The molecule has 1 aliphatic heterocycles. The minimum Gasteiger partial charge on any atom is -0.497 e. The van der Waals surface area contributed by atoms with Gasteiger partial charge in [0.25, 0.3) is 0 Å². The lowest BCUT2D eigenvalue weighted by molar-refractivity contribution is -0.142. The molecule has 0 spiro atoms. The van der Waals surface area contributed by atoms with Gasteiger partial charge in [-0.1, -0.05) is 31.3 Å². The van der Waals surface area contributed by atoms with Crippen molar-refractivity contribution in [3.63, 3.8) is 0 Å². The standard InChI is InChI=1S/C17H18NO5S2/c1-11(25-10-15(19)18-17(25)24)4-5-12-8-13(21-2)6-7-14(12)23-9-16(20)22-3/h4-8,10H,9H2,1-3H3,(H,18,19,24)/q-1. The highest BCUT2D eigenvalue weighted by atomic mass is 32.2. The summed E-state index contributed by atoms with van der Waals surface area (Å²) in [7, 11) is 2.35. The lowest BCUT2D eigenvalue weighted by Gasteiger charge is -2.12. The Hall–Kier alpha value is -2.32. The number of hydrogen-bond acceptors (Lipinski definition) is 7. The van der Waals surface area contributed by atoms with Crippen molar-refractivity contribution in [3.8, 4) is 11.5 Å². The molecule has 1 heterocycles. The van der Waals surface area contributed by atoms with E-state index in [1.807, 2.05) is 19.1 Å². The summed E-state index contributed by atoms with van der Waals surface area (Å²) < 4.78 is 15.8. The highest BCUT2D eigenvalue weighted by molar-refractivity contribution is 8.19. The van der Waals surface area contributed by atoms with Crippen LogP contribution in [0.4, 0.5) is 0 Å². The number of methoxy groups -OCH3 is 2. The van der Waals surface area contributed by atoms with E-state index in [-0.39, 0.29) is 12.5 Å². The lowest BCUT2D eigenvalue weighted by atomic mass is 10.1. The Morgan fingerprint density at radius 2 is 2.12 bits per heavy atom. The van der Waals surface area contributed by atoms with Gasteiger partial charge in [-0.25, -0.2) is 4.79 Å². The maximum Gasteiger partial charge on any atom is 0.343 e. The number of carbonyl (C=O) groups excluding carboxylic acids is 2. The monoisotopic (exact) mass is 380 g/mol. The fourth-order valence-electron chi connectivity index (χ4n) is 1.98. The van der Waals surface area contributed by atoms with Gasteiger partial charge in [-0.3, -0.25) is 4.79 Å². The van der Waals surface area contributed by atoms with Crippen molar-refractivity contribution in [1.82, 2.24) is 5.32 Å². The van der Waals surface area contributed by atoms with E-state index in [0.29, 0.717) is 15.8 Å². The predicted molar refractivity (Wildman–Crippen MR) is 104 cm³/mol. The van der Waals surface area contributed by atoms with Crippen molar-refractivity contribution >= 4 is 54.8 Å². The molecule has 0 aromatic heterocycles. The first kappa shape index (κ1) is 19.0. The normalized spacial score (nSPS) is 17.1.